The molecule has 4 unspecified atom stereocenters. The highest BCUT2D eigenvalue weighted by molar-refractivity contribution is 5.65. The van der Waals surface area contributed by atoms with E-state index in [1.54, 1.807) is 0 Å². The van der Waals surface area contributed by atoms with E-state index in [0.29, 0.717) is 11.5 Å². The Labute approximate surface area is 214 Å². The molecule has 2 saturated carbocycles. The van der Waals surface area contributed by atoms with Crippen LogP contribution in [0.15, 0.2) is 66.7 Å². The maximum Gasteiger partial charge on any atom is 0.191 e. The zero-order valence-corrected chi connectivity index (χ0v) is 21.4. The van der Waals surface area contributed by atoms with Gasteiger partial charge < -0.3 is 4.74 Å². The maximum atomic E-state index is 14.8. The first-order chi connectivity index (χ1) is 17.6. The standard InChI is InChI=1S/C33H38F2O/c1-2-3-7-23-10-11-29-19-28(17-16-27(29)18-23)25-12-14-26(15-13-25)30-20-31(34)33(32(35)21-30)36-22-24-8-5-4-6-9-24/h4-6,8-9,12-15,20-21,23,27-29H,2-3,7,10-11,16-19,22H2,1H3. The van der Waals surface area contributed by atoms with Crippen molar-refractivity contribution >= 4 is 0 Å². The summed E-state index contributed by atoms with van der Waals surface area (Å²) in [6, 6.07) is 20.5. The SMILES string of the molecule is CCCCC1CCC2CC(c3ccc(-c4cc(F)c(OCc5ccccc5)c(F)c4)cc3)CCC2C1. The van der Waals surface area contributed by atoms with E-state index < -0.39 is 11.6 Å². The normalized spacial score (nSPS) is 23.8. The van der Waals surface area contributed by atoms with Crippen molar-refractivity contribution in [3.05, 3.63) is 89.5 Å². The molecule has 0 aromatic heterocycles. The molecular formula is C33H38F2O. The summed E-state index contributed by atoms with van der Waals surface area (Å²) < 4.78 is 35.0. The smallest absolute Gasteiger partial charge is 0.191 e. The van der Waals surface area contributed by atoms with Crippen LogP contribution in [0, 0.1) is 29.4 Å². The van der Waals surface area contributed by atoms with Crippen LogP contribution in [0.3, 0.4) is 0 Å². The molecule has 2 fully saturated rings. The van der Waals surface area contributed by atoms with E-state index in [-0.39, 0.29) is 12.4 Å². The van der Waals surface area contributed by atoms with Crippen LogP contribution in [-0.2, 0) is 6.61 Å². The van der Waals surface area contributed by atoms with Gasteiger partial charge in [-0.05, 0) is 90.2 Å². The molecule has 0 saturated heterocycles. The zero-order valence-electron chi connectivity index (χ0n) is 21.4. The molecule has 0 N–H and O–H groups in total. The highest BCUT2D eigenvalue weighted by atomic mass is 19.1. The van der Waals surface area contributed by atoms with Gasteiger partial charge in [-0.25, -0.2) is 8.78 Å². The number of fused-ring (bicyclic) bond motifs is 1. The molecule has 0 heterocycles. The second-order valence-electron chi connectivity index (χ2n) is 11.0. The minimum Gasteiger partial charge on any atom is -0.483 e. The Morgan fingerprint density at radius 3 is 2.19 bits per heavy atom. The predicted octanol–water partition coefficient (Wildman–Crippen LogP) is 9.70. The molecule has 3 aromatic carbocycles. The third kappa shape index (κ3) is 5.82. The first-order valence-electron chi connectivity index (χ1n) is 13.9. The third-order valence-corrected chi connectivity index (χ3v) is 8.63. The van der Waals surface area contributed by atoms with Crippen molar-refractivity contribution in [1.29, 1.82) is 0 Å². The largest absolute Gasteiger partial charge is 0.483 e. The molecular weight excluding hydrogens is 450 g/mol. The van der Waals surface area contributed by atoms with Gasteiger partial charge in [0.15, 0.2) is 17.4 Å². The van der Waals surface area contributed by atoms with Gasteiger partial charge in [-0.15, -0.1) is 0 Å². The second-order valence-corrected chi connectivity index (χ2v) is 11.0. The fourth-order valence-corrected chi connectivity index (χ4v) is 6.59. The van der Waals surface area contributed by atoms with Crippen molar-refractivity contribution in [1.82, 2.24) is 0 Å². The van der Waals surface area contributed by atoms with Crippen LogP contribution in [0.25, 0.3) is 11.1 Å². The van der Waals surface area contributed by atoms with Gasteiger partial charge in [0.05, 0.1) is 0 Å². The fourth-order valence-electron chi connectivity index (χ4n) is 6.59. The van der Waals surface area contributed by atoms with Crippen molar-refractivity contribution in [2.24, 2.45) is 17.8 Å². The number of hydrogen-bond donors (Lipinski definition) is 0. The quantitative estimate of drug-likeness (QED) is 0.307. The molecule has 0 radical (unpaired) electrons. The lowest BCUT2D eigenvalue weighted by atomic mass is 9.63. The Kier molecular flexibility index (Phi) is 8.04. The van der Waals surface area contributed by atoms with Gasteiger partial charge in [0.1, 0.15) is 6.61 Å². The van der Waals surface area contributed by atoms with Gasteiger partial charge >= 0.3 is 0 Å². The van der Waals surface area contributed by atoms with Crippen LogP contribution in [-0.4, -0.2) is 0 Å². The minimum atomic E-state index is -0.669. The summed E-state index contributed by atoms with van der Waals surface area (Å²) in [6.45, 7) is 2.43. The van der Waals surface area contributed by atoms with E-state index in [0.717, 1.165) is 28.9 Å². The average Bonchev–Trinajstić information content (AvgIpc) is 2.91. The van der Waals surface area contributed by atoms with Crippen LogP contribution < -0.4 is 4.74 Å². The van der Waals surface area contributed by atoms with Crippen LogP contribution in [0.1, 0.15) is 81.8 Å². The first kappa shape index (κ1) is 25.0. The molecule has 3 aromatic rings. The van der Waals surface area contributed by atoms with Crippen LogP contribution in [0.2, 0.25) is 0 Å². The van der Waals surface area contributed by atoms with Gasteiger partial charge in [-0.3, -0.25) is 0 Å². The van der Waals surface area contributed by atoms with Crippen LogP contribution in [0.4, 0.5) is 8.78 Å². The molecule has 190 valence electrons. The van der Waals surface area contributed by atoms with E-state index in [4.69, 9.17) is 4.74 Å². The Bertz CT molecular complexity index is 1100. The topological polar surface area (TPSA) is 9.23 Å². The Morgan fingerprint density at radius 1 is 0.778 bits per heavy atom. The lowest BCUT2D eigenvalue weighted by molar-refractivity contribution is 0.113. The molecule has 1 nitrogen and oxygen atoms in total. The molecule has 0 spiro atoms. The maximum absolute atomic E-state index is 14.8. The third-order valence-electron chi connectivity index (χ3n) is 8.63. The van der Waals surface area contributed by atoms with Gasteiger partial charge in [0.2, 0.25) is 0 Å². The number of rotatable bonds is 8. The fraction of sp³-hybridized carbons (Fsp3) is 0.455. The van der Waals surface area contributed by atoms with Crippen molar-refractivity contribution in [3.8, 4) is 16.9 Å². The molecule has 0 aliphatic heterocycles. The van der Waals surface area contributed by atoms with Crippen molar-refractivity contribution in [2.45, 2.75) is 77.2 Å². The monoisotopic (exact) mass is 488 g/mol. The lowest BCUT2D eigenvalue weighted by Gasteiger charge is -2.42. The first-order valence-corrected chi connectivity index (χ1v) is 13.9. The lowest BCUT2D eigenvalue weighted by Crippen LogP contribution is -2.30. The van der Waals surface area contributed by atoms with Crippen molar-refractivity contribution < 1.29 is 13.5 Å². The van der Waals surface area contributed by atoms with E-state index in [9.17, 15) is 8.78 Å². The molecule has 4 atom stereocenters. The van der Waals surface area contributed by atoms with E-state index >= 15 is 0 Å². The van der Waals surface area contributed by atoms with Crippen molar-refractivity contribution in [3.63, 3.8) is 0 Å². The summed E-state index contributed by atoms with van der Waals surface area (Å²) >= 11 is 0. The predicted molar refractivity (Wildman–Crippen MR) is 143 cm³/mol. The summed E-state index contributed by atoms with van der Waals surface area (Å²) in [5.74, 6) is 1.70. The highest BCUT2D eigenvalue weighted by Crippen LogP contribution is 2.48. The van der Waals surface area contributed by atoms with Crippen molar-refractivity contribution in [2.75, 3.05) is 0 Å². The second kappa shape index (κ2) is 11.6. The van der Waals surface area contributed by atoms with Crippen LogP contribution in [0.5, 0.6) is 5.75 Å². The van der Waals surface area contributed by atoms with Gasteiger partial charge in [0, 0.05) is 0 Å². The zero-order chi connectivity index (χ0) is 24.9. The summed E-state index contributed by atoms with van der Waals surface area (Å²) in [4.78, 5) is 0. The minimum absolute atomic E-state index is 0.130. The van der Waals surface area contributed by atoms with Gasteiger partial charge in [-0.1, -0.05) is 87.2 Å². The molecule has 36 heavy (non-hydrogen) atoms. The number of halogens is 2. The Morgan fingerprint density at radius 2 is 1.47 bits per heavy atom. The van der Waals surface area contributed by atoms with E-state index in [1.165, 1.54) is 75.5 Å². The molecule has 2 aliphatic carbocycles. The van der Waals surface area contributed by atoms with Gasteiger partial charge in [-0.2, -0.15) is 0 Å². The summed E-state index contributed by atoms with van der Waals surface area (Å²) in [5, 5.41) is 0. The number of unbranched alkanes of at least 4 members (excludes halogenated alkanes) is 1. The molecule has 3 heteroatoms. The number of hydrogen-bond acceptors (Lipinski definition) is 1. The van der Waals surface area contributed by atoms with Gasteiger partial charge in [0.25, 0.3) is 0 Å². The molecule has 0 amide bonds. The number of ether oxygens (including phenoxy) is 1. The summed E-state index contributed by atoms with van der Waals surface area (Å²) in [5.41, 5.74) is 3.61. The number of benzene rings is 3. The van der Waals surface area contributed by atoms with E-state index in [2.05, 4.69) is 19.1 Å². The molecule has 5 rings (SSSR count). The Balaban J connectivity index is 1.21. The van der Waals surface area contributed by atoms with E-state index in [1.807, 2.05) is 42.5 Å². The average molecular weight is 489 g/mol. The summed E-state index contributed by atoms with van der Waals surface area (Å²) in [7, 11) is 0. The van der Waals surface area contributed by atoms with Crippen LogP contribution >= 0.6 is 0 Å². The molecule has 2 aliphatic rings. The molecule has 0 bridgehead atoms. The summed E-state index contributed by atoms with van der Waals surface area (Å²) in [6.07, 6.45) is 12.3. The Hall–Kier alpha value is -2.68. The highest BCUT2D eigenvalue weighted by Gasteiger charge is 2.35.